The molecule has 1 amide bonds. The van der Waals surface area contributed by atoms with E-state index in [9.17, 15) is 4.79 Å². The van der Waals surface area contributed by atoms with Crippen molar-refractivity contribution < 1.29 is 4.79 Å². The van der Waals surface area contributed by atoms with Gasteiger partial charge in [0.05, 0.1) is 0 Å². The van der Waals surface area contributed by atoms with Gasteiger partial charge in [-0.2, -0.15) is 0 Å². The number of carbonyl (C=O) groups is 1. The molecule has 0 radical (unpaired) electrons. The van der Waals surface area contributed by atoms with Crippen LogP contribution in [-0.4, -0.2) is 23.9 Å². The number of nitrogens with zero attached hydrogens (tertiary/aromatic N) is 1. The third-order valence-electron chi connectivity index (χ3n) is 3.35. The minimum atomic E-state index is 0.146. The predicted octanol–water partition coefficient (Wildman–Crippen LogP) is 2.99. The third-order valence-corrected chi connectivity index (χ3v) is 3.35. The van der Waals surface area contributed by atoms with Crippen LogP contribution < -0.4 is 0 Å². The molecule has 0 bridgehead atoms. The average molecular weight is 241 g/mol. The number of benzene rings is 1. The van der Waals surface area contributed by atoms with Crippen molar-refractivity contribution in [2.45, 2.75) is 12.3 Å². The van der Waals surface area contributed by atoms with Crippen LogP contribution >= 0.6 is 0 Å². The fourth-order valence-electron chi connectivity index (χ4n) is 2.34. The fourth-order valence-corrected chi connectivity index (χ4v) is 2.34. The molecule has 2 nitrogen and oxygen atoms in total. The molecular weight excluding hydrogens is 222 g/mol. The number of hydrogen-bond donors (Lipinski definition) is 0. The molecule has 0 aromatic heterocycles. The van der Waals surface area contributed by atoms with Crippen molar-refractivity contribution in [2.75, 3.05) is 13.1 Å². The summed E-state index contributed by atoms with van der Waals surface area (Å²) < 4.78 is 0. The summed E-state index contributed by atoms with van der Waals surface area (Å²) in [5.74, 6) is 0.770. The summed E-state index contributed by atoms with van der Waals surface area (Å²) in [7, 11) is 0. The van der Waals surface area contributed by atoms with Crippen LogP contribution in [0.4, 0.5) is 0 Å². The van der Waals surface area contributed by atoms with Crippen molar-refractivity contribution in [1.82, 2.24) is 4.90 Å². The minimum absolute atomic E-state index is 0.146. The average Bonchev–Trinajstić information content (AvgIpc) is 3.19. The van der Waals surface area contributed by atoms with Gasteiger partial charge < -0.3 is 4.90 Å². The number of amides is 1. The van der Waals surface area contributed by atoms with Gasteiger partial charge in [0, 0.05) is 19.0 Å². The first-order chi connectivity index (χ1) is 8.77. The van der Waals surface area contributed by atoms with Gasteiger partial charge in [-0.05, 0) is 17.9 Å². The van der Waals surface area contributed by atoms with Crippen LogP contribution in [0.5, 0.6) is 0 Å². The normalized spacial score (nSPS) is 21.1. The summed E-state index contributed by atoms with van der Waals surface area (Å²) in [6.45, 7) is 8.59. The molecule has 0 unspecified atom stereocenters. The summed E-state index contributed by atoms with van der Waals surface area (Å²) in [5.41, 5.74) is 1.27. The number of hydrogen-bond acceptors (Lipinski definition) is 1. The maximum absolute atomic E-state index is 12.3. The molecule has 0 N–H and O–H groups in total. The lowest BCUT2D eigenvalue weighted by Gasteiger charge is -2.19. The second-order valence-corrected chi connectivity index (χ2v) is 4.68. The highest BCUT2D eigenvalue weighted by Gasteiger charge is 2.45. The van der Waals surface area contributed by atoms with Gasteiger partial charge in [-0.1, -0.05) is 42.5 Å². The second kappa shape index (κ2) is 5.67. The molecule has 1 aliphatic carbocycles. The Kier molecular flexibility index (Phi) is 3.98. The van der Waals surface area contributed by atoms with E-state index in [1.54, 1.807) is 12.2 Å². The van der Waals surface area contributed by atoms with Gasteiger partial charge in [0.2, 0.25) is 5.91 Å². The predicted molar refractivity (Wildman–Crippen MR) is 74.3 cm³/mol. The molecular formula is C16H19NO. The Morgan fingerprint density at radius 2 is 1.83 bits per heavy atom. The number of carbonyl (C=O) groups excluding carboxylic acids is 1. The zero-order valence-electron chi connectivity index (χ0n) is 10.6. The standard InChI is InChI=1S/C16H19NO/c1-3-10-17(11-4-2)16(18)15-12-14(15)13-8-6-5-7-9-13/h3-9,14-15H,1-2,10-12H2/t14-,15+/m1/s1. The molecule has 1 aromatic rings. The topological polar surface area (TPSA) is 20.3 Å². The zero-order chi connectivity index (χ0) is 13.0. The summed E-state index contributed by atoms with van der Waals surface area (Å²) in [6.07, 6.45) is 4.50. The molecule has 2 atom stereocenters. The Labute approximate surface area is 109 Å². The number of rotatable bonds is 6. The summed E-state index contributed by atoms with van der Waals surface area (Å²) in [6, 6.07) is 10.3. The van der Waals surface area contributed by atoms with Gasteiger partial charge in [0.1, 0.15) is 0 Å². The van der Waals surface area contributed by atoms with Gasteiger partial charge in [0.25, 0.3) is 0 Å². The summed E-state index contributed by atoms with van der Waals surface area (Å²) in [5, 5.41) is 0. The van der Waals surface area contributed by atoms with E-state index in [0.717, 1.165) is 6.42 Å². The Morgan fingerprint density at radius 3 is 2.39 bits per heavy atom. The Morgan fingerprint density at radius 1 is 1.22 bits per heavy atom. The molecule has 1 aromatic carbocycles. The molecule has 1 saturated carbocycles. The van der Waals surface area contributed by atoms with E-state index in [1.165, 1.54) is 5.56 Å². The lowest BCUT2D eigenvalue weighted by atomic mass is 10.1. The van der Waals surface area contributed by atoms with Crippen molar-refractivity contribution in [1.29, 1.82) is 0 Å². The van der Waals surface area contributed by atoms with Gasteiger partial charge in [0.15, 0.2) is 0 Å². The van der Waals surface area contributed by atoms with E-state index in [2.05, 4.69) is 25.3 Å². The first-order valence-electron chi connectivity index (χ1n) is 6.33. The highest BCUT2D eigenvalue weighted by atomic mass is 16.2. The van der Waals surface area contributed by atoms with E-state index < -0.39 is 0 Å². The van der Waals surface area contributed by atoms with Crippen LogP contribution in [0.15, 0.2) is 55.6 Å². The monoisotopic (exact) mass is 241 g/mol. The van der Waals surface area contributed by atoms with Crippen molar-refractivity contribution in [3.05, 3.63) is 61.2 Å². The van der Waals surface area contributed by atoms with Gasteiger partial charge in [-0.15, -0.1) is 13.2 Å². The first-order valence-corrected chi connectivity index (χ1v) is 6.33. The van der Waals surface area contributed by atoms with Crippen molar-refractivity contribution in [3.63, 3.8) is 0 Å². The van der Waals surface area contributed by atoms with Crippen LogP contribution in [-0.2, 0) is 4.79 Å². The molecule has 0 saturated heterocycles. The maximum atomic E-state index is 12.3. The molecule has 94 valence electrons. The SMILES string of the molecule is C=CCN(CC=C)C(=O)[C@H]1C[C@@H]1c1ccccc1. The van der Waals surface area contributed by atoms with Crippen molar-refractivity contribution in [3.8, 4) is 0 Å². The molecule has 1 aliphatic rings. The first kappa shape index (κ1) is 12.6. The van der Waals surface area contributed by atoms with Crippen molar-refractivity contribution >= 4 is 5.91 Å². The highest BCUT2D eigenvalue weighted by molar-refractivity contribution is 5.83. The second-order valence-electron chi connectivity index (χ2n) is 4.68. The molecule has 18 heavy (non-hydrogen) atoms. The van der Waals surface area contributed by atoms with Gasteiger partial charge in [-0.25, -0.2) is 0 Å². The molecule has 1 fully saturated rings. The van der Waals surface area contributed by atoms with E-state index in [0.29, 0.717) is 19.0 Å². The third kappa shape index (κ3) is 2.70. The lowest BCUT2D eigenvalue weighted by Crippen LogP contribution is -2.32. The van der Waals surface area contributed by atoms with Crippen LogP contribution in [0.3, 0.4) is 0 Å². The zero-order valence-corrected chi connectivity index (χ0v) is 10.6. The van der Waals surface area contributed by atoms with Gasteiger partial charge >= 0.3 is 0 Å². The van der Waals surface area contributed by atoms with Gasteiger partial charge in [-0.3, -0.25) is 4.79 Å². The van der Waals surface area contributed by atoms with Crippen LogP contribution in [0.1, 0.15) is 17.9 Å². The van der Waals surface area contributed by atoms with Crippen molar-refractivity contribution in [2.24, 2.45) is 5.92 Å². The van der Waals surface area contributed by atoms with E-state index in [1.807, 2.05) is 23.1 Å². The summed E-state index contributed by atoms with van der Waals surface area (Å²) in [4.78, 5) is 14.1. The lowest BCUT2D eigenvalue weighted by molar-refractivity contribution is -0.131. The minimum Gasteiger partial charge on any atom is -0.335 e. The highest BCUT2D eigenvalue weighted by Crippen LogP contribution is 2.48. The summed E-state index contributed by atoms with van der Waals surface area (Å²) >= 11 is 0. The largest absolute Gasteiger partial charge is 0.335 e. The van der Waals surface area contributed by atoms with Crippen LogP contribution in [0.2, 0.25) is 0 Å². The van der Waals surface area contributed by atoms with Crippen LogP contribution in [0.25, 0.3) is 0 Å². The van der Waals surface area contributed by atoms with Crippen LogP contribution in [0, 0.1) is 5.92 Å². The molecule has 2 heteroatoms. The maximum Gasteiger partial charge on any atom is 0.226 e. The van der Waals surface area contributed by atoms with E-state index >= 15 is 0 Å². The Bertz CT molecular complexity index is 428. The quantitative estimate of drug-likeness (QED) is 0.701. The Hall–Kier alpha value is -1.83. The molecule has 0 spiro atoms. The Balaban J connectivity index is 1.99. The fraction of sp³-hybridized carbons (Fsp3) is 0.312. The van der Waals surface area contributed by atoms with E-state index in [4.69, 9.17) is 0 Å². The molecule has 2 rings (SSSR count). The smallest absolute Gasteiger partial charge is 0.226 e. The molecule has 0 aliphatic heterocycles. The molecule has 0 heterocycles. The van der Waals surface area contributed by atoms with E-state index in [-0.39, 0.29) is 11.8 Å².